The molecule has 16 heavy (non-hydrogen) atoms. The van der Waals surface area contributed by atoms with Crippen molar-refractivity contribution in [1.82, 2.24) is 10.2 Å². The Balaban J connectivity index is 2.36. The van der Waals surface area contributed by atoms with E-state index in [0.29, 0.717) is 11.3 Å². The highest BCUT2D eigenvalue weighted by Crippen LogP contribution is 2.23. The molecule has 0 aliphatic carbocycles. The van der Waals surface area contributed by atoms with E-state index in [9.17, 15) is 4.39 Å². The number of nitrogens with zero attached hydrogens (tertiary/aromatic N) is 2. The molecular weight excluding hydrogens is 229 g/mol. The number of aromatic amines is 1. The van der Waals surface area contributed by atoms with Gasteiger partial charge >= 0.3 is 0 Å². The standard InChI is InChI=1S/C11H7ClFN3/c12-9-5-7(1-2-10(9)13)11-6-8(3-4-14)15-16-11/h1-2,5-6H,3H2,(H,15,16). The van der Waals surface area contributed by atoms with E-state index >= 15 is 0 Å². The van der Waals surface area contributed by atoms with Gasteiger partial charge in [0.25, 0.3) is 0 Å². The summed E-state index contributed by atoms with van der Waals surface area (Å²) in [6, 6.07) is 8.14. The van der Waals surface area contributed by atoms with Crippen molar-refractivity contribution < 1.29 is 4.39 Å². The largest absolute Gasteiger partial charge is 0.281 e. The lowest BCUT2D eigenvalue weighted by Crippen LogP contribution is -1.81. The molecule has 5 heteroatoms. The number of nitrogens with one attached hydrogen (secondary N) is 1. The lowest BCUT2D eigenvalue weighted by molar-refractivity contribution is 0.628. The SMILES string of the molecule is N#CCc1cc(-c2ccc(F)c(Cl)c2)n[nH]1. The summed E-state index contributed by atoms with van der Waals surface area (Å²) in [5.74, 6) is -0.460. The van der Waals surface area contributed by atoms with Crippen molar-refractivity contribution in [3.8, 4) is 17.3 Å². The highest BCUT2D eigenvalue weighted by atomic mass is 35.5. The third kappa shape index (κ3) is 2.05. The number of nitriles is 1. The van der Waals surface area contributed by atoms with E-state index in [1.165, 1.54) is 12.1 Å². The zero-order chi connectivity index (χ0) is 11.5. The van der Waals surface area contributed by atoms with Crippen LogP contribution in [0.15, 0.2) is 24.3 Å². The highest BCUT2D eigenvalue weighted by Gasteiger charge is 2.06. The molecule has 0 fully saturated rings. The second-order valence-electron chi connectivity index (χ2n) is 3.24. The van der Waals surface area contributed by atoms with E-state index in [-0.39, 0.29) is 11.4 Å². The average Bonchev–Trinajstić information content (AvgIpc) is 2.71. The maximum atomic E-state index is 12.9. The second-order valence-corrected chi connectivity index (χ2v) is 3.65. The predicted molar refractivity (Wildman–Crippen MR) is 58.3 cm³/mol. The Morgan fingerprint density at radius 3 is 2.94 bits per heavy atom. The molecule has 2 aromatic rings. The van der Waals surface area contributed by atoms with Gasteiger partial charge in [-0.1, -0.05) is 11.6 Å². The zero-order valence-electron chi connectivity index (χ0n) is 8.17. The van der Waals surface area contributed by atoms with Crippen LogP contribution in [-0.4, -0.2) is 10.2 Å². The Hall–Kier alpha value is -1.86. The topological polar surface area (TPSA) is 52.5 Å². The van der Waals surface area contributed by atoms with Crippen LogP contribution in [0.25, 0.3) is 11.3 Å². The molecule has 0 spiro atoms. The molecule has 0 bridgehead atoms. The molecule has 0 aliphatic rings. The number of halogens is 2. The van der Waals surface area contributed by atoms with E-state index in [1.54, 1.807) is 12.1 Å². The van der Waals surface area contributed by atoms with Crippen LogP contribution in [0.4, 0.5) is 4.39 Å². The maximum absolute atomic E-state index is 12.9. The van der Waals surface area contributed by atoms with Crippen LogP contribution in [0, 0.1) is 17.1 Å². The molecule has 1 aromatic heterocycles. The van der Waals surface area contributed by atoms with Crippen molar-refractivity contribution in [3.63, 3.8) is 0 Å². The number of H-pyrrole nitrogens is 1. The van der Waals surface area contributed by atoms with Gasteiger partial charge in [-0.2, -0.15) is 10.4 Å². The van der Waals surface area contributed by atoms with Crippen LogP contribution in [0.5, 0.6) is 0 Å². The summed E-state index contributed by atoms with van der Waals surface area (Å²) in [5.41, 5.74) is 2.08. The zero-order valence-corrected chi connectivity index (χ0v) is 8.92. The fraction of sp³-hybridized carbons (Fsp3) is 0.0909. The lowest BCUT2D eigenvalue weighted by atomic mass is 10.1. The third-order valence-corrected chi connectivity index (χ3v) is 2.41. The molecule has 1 N–H and O–H groups in total. The van der Waals surface area contributed by atoms with Gasteiger partial charge in [-0.15, -0.1) is 0 Å². The third-order valence-electron chi connectivity index (χ3n) is 2.12. The average molecular weight is 236 g/mol. The van der Waals surface area contributed by atoms with Crippen molar-refractivity contribution in [2.45, 2.75) is 6.42 Å². The monoisotopic (exact) mass is 235 g/mol. The fourth-order valence-electron chi connectivity index (χ4n) is 1.34. The minimum atomic E-state index is -0.460. The first-order chi connectivity index (χ1) is 7.70. The highest BCUT2D eigenvalue weighted by molar-refractivity contribution is 6.31. The van der Waals surface area contributed by atoms with Crippen LogP contribution >= 0.6 is 11.6 Å². The van der Waals surface area contributed by atoms with Crippen molar-refractivity contribution in [2.75, 3.05) is 0 Å². The summed E-state index contributed by atoms with van der Waals surface area (Å²) in [4.78, 5) is 0. The molecule has 0 saturated heterocycles. The predicted octanol–water partition coefficient (Wildman–Crippen LogP) is 2.94. The maximum Gasteiger partial charge on any atom is 0.141 e. The van der Waals surface area contributed by atoms with E-state index in [4.69, 9.17) is 16.9 Å². The first-order valence-electron chi connectivity index (χ1n) is 4.57. The van der Waals surface area contributed by atoms with Crippen LogP contribution in [-0.2, 0) is 6.42 Å². The van der Waals surface area contributed by atoms with Gasteiger partial charge < -0.3 is 0 Å². The van der Waals surface area contributed by atoms with E-state index in [2.05, 4.69) is 10.2 Å². The number of hydrogen-bond donors (Lipinski definition) is 1. The summed E-state index contributed by atoms with van der Waals surface area (Å²) in [7, 11) is 0. The molecule has 0 radical (unpaired) electrons. The first-order valence-corrected chi connectivity index (χ1v) is 4.95. The van der Waals surface area contributed by atoms with E-state index in [0.717, 1.165) is 5.69 Å². The van der Waals surface area contributed by atoms with Crippen LogP contribution < -0.4 is 0 Å². The molecule has 0 aliphatic heterocycles. The van der Waals surface area contributed by atoms with Gasteiger partial charge in [0.15, 0.2) is 0 Å². The van der Waals surface area contributed by atoms with Gasteiger partial charge in [0.1, 0.15) is 5.82 Å². The summed E-state index contributed by atoms with van der Waals surface area (Å²) < 4.78 is 12.9. The first kappa shape index (κ1) is 10.7. The van der Waals surface area contributed by atoms with E-state index < -0.39 is 5.82 Å². The normalized spacial score (nSPS) is 10.1. The van der Waals surface area contributed by atoms with Gasteiger partial charge in [0, 0.05) is 11.3 Å². The summed E-state index contributed by atoms with van der Waals surface area (Å²) in [6.45, 7) is 0. The van der Waals surface area contributed by atoms with Gasteiger partial charge in [0.05, 0.1) is 23.2 Å². The van der Waals surface area contributed by atoms with Gasteiger partial charge in [-0.3, -0.25) is 5.10 Å². The summed E-state index contributed by atoms with van der Waals surface area (Å²) >= 11 is 5.67. The van der Waals surface area contributed by atoms with Crippen molar-refractivity contribution >= 4 is 11.6 Å². The molecule has 0 atom stereocenters. The van der Waals surface area contributed by atoms with Crippen molar-refractivity contribution in [2.24, 2.45) is 0 Å². The summed E-state index contributed by atoms with van der Waals surface area (Å²) in [5, 5.41) is 15.3. The number of aromatic nitrogens is 2. The summed E-state index contributed by atoms with van der Waals surface area (Å²) in [6.07, 6.45) is 0.266. The minimum absolute atomic E-state index is 0.0577. The van der Waals surface area contributed by atoms with Crippen molar-refractivity contribution in [1.29, 1.82) is 5.26 Å². The molecule has 0 unspecified atom stereocenters. The Morgan fingerprint density at radius 1 is 1.44 bits per heavy atom. The Labute approximate surface area is 96.5 Å². The van der Waals surface area contributed by atoms with Crippen molar-refractivity contribution in [3.05, 3.63) is 40.8 Å². The molecule has 2 rings (SSSR count). The molecule has 1 heterocycles. The van der Waals surface area contributed by atoms with Crippen LogP contribution in [0.2, 0.25) is 5.02 Å². The van der Waals surface area contributed by atoms with E-state index in [1.807, 2.05) is 6.07 Å². The number of benzene rings is 1. The van der Waals surface area contributed by atoms with Gasteiger partial charge in [-0.25, -0.2) is 4.39 Å². The number of rotatable bonds is 2. The second kappa shape index (κ2) is 4.33. The Kier molecular flexibility index (Phi) is 2.88. The molecule has 1 aromatic carbocycles. The van der Waals surface area contributed by atoms with Crippen LogP contribution in [0.1, 0.15) is 5.69 Å². The lowest BCUT2D eigenvalue weighted by Gasteiger charge is -1.97. The molecular formula is C11H7ClFN3. The van der Waals surface area contributed by atoms with Gasteiger partial charge in [0.2, 0.25) is 0 Å². The fourth-order valence-corrected chi connectivity index (χ4v) is 1.52. The molecule has 3 nitrogen and oxygen atoms in total. The van der Waals surface area contributed by atoms with Crippen LogP contribution in [0.3, 0.4) is 0 Å². The Morgan fingerprint density at radius 2 is 2.25 bits per heavy atom. The smallest absolute Gasteiger partial charge is 0.141 e. The molecule has 80 valence electrons. The molecule has 0 amide bonds. The minimum Gasteiger partial charge on any atom is -0.281 e. The van der Waals surface area contributed by atoms with Gasteiger partial charge in [-0.05, 0) is 24.3 Å². The Bertz CT molecular complexity index is 557. The quantitative estimate of drug-likeness (QED) is 0.870. The number of hydrogen-bond acceptors (Lipinski definition) is 2. The molecule has 0 saturated carbocycles.